The maximum atomic E-state index is 13.2. The molecule has 0 spiro atoms. The van der Waals surface area contributed by atoms with E-state index in [4.69, 9.17) is 21.7 Å². The SMILES string of the molecule is COCCOCn1ccnc1C1CCN(C(=S)Nc2ccccc2C(F)(F)F)CC1. The normalized spacial score (nSPS) is 15.4. The van der Waals surface area contributed by atoms with Gasteiger partial charge in [-0.15, -0.1) is 0 Å². The maximum absolute atomic E-state index is 13.2. The van der Waals surface area contributed by atoms with Crippen molar-refractivity contribution >= 4 is 23.0 Å². The lowest BCUT2D eigenvalue weighted by atomic mass is 9.96. The predicted molar refractivity (Wildman–Crippen MR) is 111 cm³/mol. The number of imidazole rings is 1. The van der Waals surface area contributed by atoms with Crippen LogP contribution in [-0.2, 0) is 22.4 Å². The standard InChI is InChI=1S/C20H25F3N4O2S/c1-28-12-13-29-14-27-11-8-24-18(27)15-6-9-26(10-7-15)19(30)25-17-5-3-2-4-16(17)20(21,22)23/h2-5,8,11,15H,6-7,9-10,12-14H2,1H3,(H,25,30). The Morgan fingerprint density at radius 2 is 1.97 bits per heavy atom. The van der Waals surface area contributed by atoms with E-state index in [2.05, 4.69) is 10.3 Å². The summed E-state index contributed by atoms with van der Waals surface area (Å²) in [7, 11) is 1.63. The molecule has 1 saturated heterocycles. The number of hydrogen-bond donors (Lipinski definition) is 1. The van der Waals surface area contributed by atoms with E-state index in [1.54, 1.807) is 19.4 Å². The van der Waals surface area contributed by atoms with Gasteiger partial charge in [0.2, 0.25) is 0 Å². The molecule has 6 nitrogen and oxygen atoms in total. The van der Waals surface area contributed by atoms with E-state index in [-0.39, 0.29) is 11.6 Å². The molecule has 1 aromatic heterocycles. The molecule has 1 aliphatic heterocycles. The molecule has 10 heteroatoms. The summed E-state index contributed by atoms with van der Waals surface area (Å²) in [4.78, 5) is 6.38. The van der Waals surface area contributed by atoms with Gasteiger partial charge in [0.05, 0.1) is 24.5 Å². The van der Waals surface area contributed by atoms with Crippen molar-refractivity contribution in [2.75, 3.05) is 38.7 Å². The monoisotopic (exact) mass is 442 g/mol. The summed E-state index contributed by atoms with van der Waals surface area (Å²) in [6.07, 6.45) is 0.806. The maximum Gasteiger partial charge on any atom is 0.418 e. The van der Waals surface area contributed by atoms with Crippen LogP contribution in [-0.4, -0.2) is 53.0 Å². The number of thiocarbonyl (C=S) groups is 1. The Balaban J connectivity index is 1.55. The summed E-state index contributed by atoms with van der Waals surface area (Å²) in [5.41, 5.74) is -0.751. The molecule has 2 aromatic rings. The van der Waals surface area contributed by atoms with E-state index in [0.717, 1.165) is 24.7 Å². The number of methoxy groups -OCH3 is 1. The van der Waals surface area contributed by atoms with E-state index in [1.165, 1.54) is 12.1 Å². The molecular formula is C20H25F3N4O2S. The molecule has 0 unspecified atom stereocenters. The van der Waals surface area contributed by atoms with E-state index >= 15 is 0 Å². The van der Waals surface area contributed by atoms with Crippen molar-refractivity contribution in [1.29, 1.82) is 0 Å². The van der Waals surface area contributed by atoms with Crippen LogP contribution >= 0.6 is 12.2 Å². The predicted octanol–water partition coefficient (Wildman–Crippen LogP) is 4.10. The lowest BCUT2D eigenvalue weighted by molar-refractivity contribution is -0.136. The van der Waals surface area contributed by atoms with Gasteiger partial charge in [-0.25, -0.2) is 4.98 Å². The number of likely N-dealkylation sites (tertiary alicyclic amines) is 1. The molecular weight excluding hydrogens is 417 g/mol. The number of piperidine rings is 1. The Morgan fingerprint density at radius 3 is 2.67 bits per heavy atom. The Bertz CT molecular complexity index is 835. The molecule has 1 aliphatic rings. The van der Waals surface area contributed by atoms with Gasteiger partial charge in [0.25, 0.3) is 0 Å². The van der Waals surface area contributed by atoms with Crippen LogP contribution < -0.4 is 5.32 Å². The minimum absolute atomic E-state index is 0.0270. The molecule has 0 atom stereocenters. The largest absolute Gasteiger partial charge is 0.418 e. The number of hydrogen-bond acceptors (Lipinski definition) is 4. The molecule has 1 N–H and O–H groups in total. The van der Waals surface area contributed by atoms with Crippen molar-refractivity contribution in [2.24, 2.45) is 0 Å². The Kier molecular flexibility index (Phi) is 7.68. The van der Waals surface area contributed by atoms with E-state index in [0.29, 0.717) is 38.1 Å². The first kappa shape index (κ1) is 22.5. The number of nitrogens with one attached hydrogen (secondary N) is 1. The molecule has 3 rings (SSSR count). The lowest BCUT2D eigenvalue weighted by Gasteiger charge is -2.34. The quantitative estimate of drug-likeness (QED) is 0.515. The Hall–Kier alpha value is -2.17. The summed E-state index contributed by atoms with van der Waals surface area (Å²) in [5.74, 6) is 1.20. The smallest absolute Gasteiger partial charge is 0.382 e. The molecule has 30 heavy (non-hydrogen) atoms. The fourth-order valence-electron chi connectivity index (χ4n) is 3.47. The third kappa shape index (κ3) is 5.71. The van der Waals surface area contributed by atoms with E-state index < -0.39 is 11.7 Å². The van der Waals surface area contributed by atoms with Gasteiger partial charge in [0.1, 0.15) is 12.6 Å². The average molecular weight is 443 g/mol. The molecule has 0 radical (unpaired) electrons. The van der Waals surface area contributed by atoms with Crippen LogP contribution in [0.2, 0.25) is 0 Å². The fraction of sp³-hybridized carbons (Fsp3) is 0.500. The number of halogens is 3. The molecule has 0 saturated carbocycles. The third-order valence-corrected chi connectivity index (χ3v) is 5.39. The zero-order chi connectivity index (χ0) is 21.6. The van der Waals surface area contributed by atoms with Crippen molar-refractivity contribution in [1.82, 2.24) is 14.5 Å². The first-order valence-electron chi connectivity index (χ1n) is 9.70. The van der Waals surface area contributed by atoms with Crippen molar-refractivity contribution < 1.29 is 22.6 Å². The number of anilines is 1. The molecule has 164 valence electrons. The topological polar surface area (TPSA) is 51.6 Å². The summed E-state index contributed by atoms with van der Waals surface area (Å²) < 4.78 is 52.1. The number of alkyl halides is 3. The second-order valence-corrected chi connectivity index (χ2v) is 7.41. The van der Waals surface area contributed by atoms with Crippen molar-refractivity contribution in [2.45, 2.75) is 31.7 Å². The second kappa shape index (κ2) is 10.2. The average Bonchev–Trinajstić information content (AvgIpc) is 3.19. The highest BCUT2D eigenvalue weighted by atomic mass is 32.1. The zero-order valence-electron chi connectivity index (χ0n) is 16.7. The van der Waals surface area contributed by atoms with Crippen molar-refractivity contribution in [3.8, 4) is 0 Å². The number of aromatic nitrogens is 2. The van der Waals surface area contributed by atoms with Gasteiger partial charge in [-0.05, 0) is 37.2 Å². The highest BCUT2D eigenvalue weighted by molar-refractivity contribution is 7.80. The Labute approximate surface area is 179 Å². The number of nitrogens with zero attached hydrogens (tertiary/aromatic N) is 3. The zero-order valence-corrected chi connectivity index (χ0v) is 17.5. The second-order valence-electron chi connectivity index (χ2n) is 7.02. The molecule has 1 aromatic carbocycles. The van der Waals surface area contributed by atoms with Crippen molar-refractivity contribution in [3.05, 3.63) is 48.0 Å². The van der Waals surface area contributed by atoms with Gasteiger partial charge in [-0.3, -0.25) is 0 Å². The van der Waals surface area contributed by atoms with E-state index in [1.807, 2.05) is 15.7 Å². The molecule has 2 heterocycles. The summed E-state index contributed by atoms with van der Waals surface area (Å²) >= 11 is 5.38. The van der Waals surface area contributed by atoms with Gasteiger partial charge in [0.15, 0.2) is 5.11 Å². The van der Waals surface area contributed by atoms with Crippen LogP contribution in [0.15, 0.2) is 36.7 Å². The number of rotatable bonds is 7. The highest BCUT2D eigenvalue weighted by Crippen LogP contribution is 2.35. The lowest BCUT2D eigenvalue weighted by Crippen LogP contribution is -2.41. The summed E-state index contributed by atoms with van der Waals surface area (Å²) in [6.45, 7) is 2.73. The fourth-order valence-corrected chi connectivity index (χ4v) is 3.76. The number of ether oxygens (including phenoxy) is 2. The van der Waals surface area contributed by atoms with Crippen LogP contribution in [0.5, 0.6) is 0 Å². The van der Waals surface area contributed by atoms with Crippen LogP contribution in [0.4, 0.5) is 18.9 Å². The van der Waals surface area contributed by atoms with Gasteiger partial charge < -0.3 is 24.3 Å². The highest BCUT2D eigenvalue weighted by Gasteiger charge is 2.34. The first-order valence-corrected chi connectivity index (χ1v) is 10.1. The van der Waals surface area contributed by atoms with Crippen LogP contribution in [0.1, 0.15) is 30.1 Å². The molecule has 0 amide bonds. The molecule has 1 fully saturated rings. The summed E-state index contributed by atoms with van der Waals surface area (Å²) in [5, 5.41) is 3.07. The third-order valence-electron chi connectivity index (χ3n) is 5.03. The molecule has 0 bridgehead atoms. The minimum Gasteiger partial charge on any atom is -0.382 e. The number of benzene rings is 1. The van der Waals surface area contributed by atoms with Gasteiger partial charge in [0, 0.05) is 38.5 Å². The van der Waals surface area contributed by atoms with Crippen LogP contribution in [0.25, 0.3) is 0 Å². The number of para-hydroxylation sites is 1. The van der Waals surface area contributed by atoms with Gasteiger partial charge in [-0.1, -0.05) is 12.1 Å². The van der Waals surface area contributed by atoms with Crippen LogP contribution in [0.3, 0.4) is 0 Å². The first-order chi connectivity index (χ1) is 14.4. The van der Waals surface area contributed by atoms with Gasteiger partial charge in [-0.2, -0.15) is 13.2 Å². The van der Waals surface area contributed by atoms with Crippen molar-refractivity contribution in [3.63, 3.8) is 0 Å². The molecule has 0 aliphatic carbocycles. The van der Waals surface area contributed by atoms with E-state index in [9.17, 15) is 13.2 Å². The summed E-state index contributed by atoms with van der Waals surface area (Å²) in [6, 6.07) is 5.36. The Morgan fingerprint density at radius 1 is 1.23 bits per heavy atom. The minimum atomic E-state index is -4.44. The van der Waals surface area contributed by atoms with Gasteiger partial charge >= 0.3 is 6.18 Å². The van der Waals surface area contributed by atoms with Crippen LogP contribution in [0, 0.1) is 0 Å².